The van der Waals surface area contributed by atoms with Crippen LogP contribution in [0.3, 0.4) is 0 Å². The van der Waals surface area contributed by atoms with Crippen molar-refractivity contribution >= 4 is 11.6 Å². The summed E-state index contributed by atoms with van der Waals surface area (Å²) in [5.74, 6) is -0.504. The summed E-state index contributed by atoms with van der Waals surface area (Å²) in [6, 6.07) is 4.71. The summed E-state index contributed by atoms with van der Waals surface area (Å²) < 4.78 is 13.7. The van der Waals surface area contributed by atoms with Crippen molar-refractivity contribution in [2.75, 3.05) is 18.9 Å². The maximum atomic E-state index is 13.7. The van der Waals surface area contributed by atoms with Gasteiger partial charge in [-0.25, -0.2) is 4.39 Å². The van der Waals surface area contributed by atoms with Crippen molar-refractivity contribution in [1.82, 2.24) is 4.90 Å². The van der Waals surface area contributed by atoms with Crippen LogP contribution in [0, 0.1) is 5.82 Å². The largest absolute Gasteiger partial charge is 0.385 e. The molecule has 4 heteroatoms. The van der Waals surface area contributed by atoms with Crippen molar-refractivity contribution in [1.29, 1.82) is 0 Å². The number of halogens is 1. The second kappa shape index (κ2) is 7.88. The van der Waals surface area contributed by atoms with Crippen molar-refractivity contribution < 1.29 is 9.18 Å². The molecule has 1 amide bonds. The number of para-hydroxylation sites is 1. The van der Waals surface area contributed by atoms with Crippen molar-refractivity contribution in [3.63, 3.8) is 0 Å². The molecular weight excluding hydrogens is 255 g/mol. The molecule has 1 N–H and O–H groups in total. The molecule has 3 nitrogen and oxygen atoms in total. The molecule has 0 saturated heterocycles. The Morgan fingerprint density at radius 3 is 2.60 bits per heavy atom. The molecular formula is C16H25FN2O. The number of nitrogens with one attached hydrogen (secondary N) is 1. The van der Waals surface area contributed by atoms with E-state index in [1.54, 1.807) is 19.2 Å². The number of hydrogen-bond donors (Lipinski definition) is 1. The summed E-state index contributed by atoms with van der Waals surface area (Å²) in [6.45, 7) is 6.82. The molecule has 0 aliphatic rings. The molecule has 0 bridgehead atoms. The molecule has 0 aromatic heterocycles. The molecule has 0 atom stereocenters. The van der Waals surface area contributed by atoms with E-state index in [0.29, 0.717) is 12.1 Å². The number of hydrogen-bond acceptors (Lipinski definition) is 2. The van der Waals surface area contributed by atoms with Crippen LogP contribution in [-0.2, 0) is 0 Å². The zero-order valence-corrected chi connectivity index (χ0v) is 12.9. The molecule has 20 heavy (non-hydrogen) atoms. The first-order chi connectivity index (χ1) is 9.52. The van der Waals surface area contributed by atoms with Gasteiger partial charge in [-0.05, 0) is 32.4 Å². The molecule has 1 aromatic rings. The van der Waals surface area contributed by atoms with Gasteiger partial charge in [0.25, 0.3) is 5.91 Å². The minimum Gasteiger partial charge on any atom is -0.385 e. The lowest BCUT2D eigenvalue weighted by molar-refractivity contribution is 0.0703. The van der Waals surface area contributed by atoms with Gasteiger partial charge in [0.05, 0.1) is 11.3 Å². The van der Waals surface area contributed by atoms with Crippen LogP contribution in [-0.4, -0.2) is 30.4 Å². The van der Waals surface area contributed by atoms with Gasteiger partial charge in [0, 0.05) is 19.6 Å². The summed E-state index contributed by atoms with van der Waals surface area (Å²) in [5.41, 5.74) is 0.677. The standard InChI is InChI=1S/C16H25FN2O/c1-5-6-7-11-19(12(2)3)16(20)13-9-8-10-14(17)15(13)18-4/h8-10,12,18H,5-7,11H2,1-4H3. The fourth-order valence-corrected chi connectivity index (χ4v) is 2.24. The zero-order valence-electron chi connectivity index (χ0n) is 12.9. The number of nitrogens with zero attached hydrogens (tertiary/aromatic N) is 1. The predicted octanol–water partition coefficient (Wildman–Crippen LogP) is 3.91. The van der Waals surface area contributed by atoms with E-state index < -0.39 is 5.82 Å². The van der Waals surface area contributed by atoms with Crippen LogP contribution in [0.4, 0.5) is 10.1 Å². The van der Waals surface area contributed by atoms with Crippen molar-refractivity contribution in [3.8, 4) is 0 Å². The highest BCUT2D eigenvalue weighted by Crippen LogP contribution is 2.22. The van der Waals surface area contributed by atoms with E-state index >= 15 is 0 Å². The van der Waals surface area contributed by atoms with E-state index in [0.717, 1.165) is 19.3 Å². The first-order valence-corrected chi connectivity index (χ1v) is 7.30. The number of rotatable bonds is 7. The maximum absolute atomic E-state index is 13.7. The number of amides is 1. The topological polar surface area (TPSA) is 32.3 Å². The third-order valence-corrected chi connectivity index (χ3v) is 3.38. The van der Waals surface area contributed by atoms with Gasteiger partial charge in [0.2, 0.25) is 0 Å². The van der Waals surface area contributed by atoms with Gasteiger partial charge in [0.15, 0.2) is 0 Å². The van der Waals surface area contributed by atoms with E-state index in [9.17, 15) is 9.18 Å². The third kappa shape index (κ3) is 3.95. The van der Waals surface area contributed by atoms with Gasteiger partial charge in [-0.2, -0.15) is 0 Å². The summed E-state index contributed by atoms with van der Waals surface area (Å²) in [5, 5.41) is 2.78. The minimum atomic E-state index is -0.393. The molecule has 0 aliphatic heterocycles. The molecule has 0 fully saturated rings. The van der Waals surface area contributed by atoms with Gasteiger partial charge < -0.3 is 10.2 Å². The van der Waals surface area contributed by atoms with Crippen LogP contribution in [0.5, 0.6) is 0 Å². The van der Waals surface area contributed by atoms with Crippen LogP contribution < -0.4 is 5.32 Å². The Bertz CT molecular complexity index is 446. The first-order valence-electron chi connectivity index (χ1n) is 7.30. The Kier molecular flexibility index (Phi) is 6.49. The molecule has 0 aliphatic carbocycles. The average molecular weight is 280 g/mol. The molecule has 112 valence electrons. The van der Waals surface area contributed by atoms with Crippen LogP contribution in [0.2, 0.25) is 0 Å². The van der Waals surface area contributed by atoms with Crippen molar-refractivity contribution in [2.24, 2.45) is 0 Å². The second-order valence-electron chi connectivity index (χ2n) is 5.21. The van der Waals surface area contributed by atoms with E-state index in [2.05, 4.69) is 12.2 Å². The Morgan fingerprint density at radius 2 is 2.05 bits per heavy atom. The van der Waals surface area contributed by atoms with Crippen molar-refractivity contribution in [3.05, 3.63) is 29.6 Å². The zero-order chi connectivity index (χ0) is 15.1. The van der Waals surface area contributed by atoms with Gasteiger partial charge in [0.1, 0.15) is 5.82 Å². The Morgan fingerprint density at radius 1 is 1.35 bits per heavy atom. The molecule has 0 heterocycles. The lowest BCUT2D eigenvalue weighted by atomic mass is 10.1. The quantitative estimate of drug-likeness (QED) is 0.768. The highest BCUT2D eigenvalue weighted by atomic mass is 19.1. The number of benzene rings is 1. The summed E-state index contributed by atoms with van der Waals surface area (Å²) >= 11 is 0. The first kappa shape index (κ1) is 16.5. The second-order valence-corrected chi connectivity index (χ2v) is 5.21. The number of unbranched alkanes of at least 4 members (excludes halogenated alkanes) is 2. The van der Waals surface area contributed by atoms with Gasteiger partial charge >= 0.3 is 0 Å². The fraction of sp³-hybridized carbons (Fsp3) is 0.562. The number of carbonyl (C=O) groups is 1. The normalized spacial score (nSPS) is 10.7. The fourth-order valence-electron chi connectivity index (χ4n) is 2.24. The van der Waals surface area contributed by atoms with E-state index in [-0.39, 0.29) is 17.6 Å². The lowest BCUT2D eigenvalue weighted by Crippen LogP contribution is -2.38. The molecule has 1 rings (SSSR count). The monoisotopic (exact) mass is 280 g/mol. The van der Waals surface area contributed by atoms with E-state index in [4.69, 9.17) is 0 Å². The smallest absolute Gasteiger partial charge is 0.256 e. The molecule has 0 unspecified atom stereocenters. The SMILES string of the molecule is CCCCCN(C(=O)c1cccc(F)c1NC)C(C)C. The summed E-state index contributed by atoms with van der Waals surface area (Å²) in [4.78, 5) is 14.4. The van der Waals surface area contributed by atoms with E-state index in [1.165, 1.54) is 6.07 Å². The number of anilines is 1. The van der Waals surface area contributed by atoms with Gasteiger partial charge in [-0.15, -0.1) is 0 Å². The van der Waals surface area contributed by atoms with Crippen LogP contribution in [0.1, 0.15) is 50.4 Å². The highest BCUT2D eigenvalue weighted by Gasteiger charge is 2.22. The van der Waals surface area contributed by atoms with Crippen LogP contribution in [0.15, 0.2) is 18.2 Å². The molecule has 0 saturated carbocycles. The van der Waals surface area contributed by atoms with E-state index in [1.807, 2.05) is 18.7 Å². The lowest BCUT2D eigenvalue weighted by Gasteiger charge is -2.27. The predicted molar refractivity (Wildman–Crippen MR) is 81.6 cm³/mol. The Balaban J connectivity index is 2.97. The Hall–Kier alpha value is -1.58. The van der Waals surface area contributed by atoms with Crippen molar-refractivity contribution in [2.45, 2.75) is 46.1 Å². The van der Waals surface area contributed by atoms with Crippen LogP contribution in [0.25, 0.3) is 0 Å². The van der Waals surface area contributed by atoms with Gasteiger partial charge in [-0.3, -0.25) is 4.79 Å². The summed E-state index contributed by atoms with van der Waals surface area (Å²) in [7, 11) is 1.63. The highest BCUT2D eigenvalue weighted by molar-refractivity contribution is 5.99. The molecule has 0 radical (unpaired) electrons. The van der Waals surface area contributed by atoms with Gasteiger partial charge in [-0.1, -0.05) is 25.8 Å². The maximum Gasteiger partial charge on any atom is 0.256 e. The molecule has 0 spiro atoms. The third-order valence-electron chi connectivity index (χ3n) is 3.38. The summed E-state index contributed by atoms with van der Waals surface area (Å²) in [6.07, 6.45) is 3.19. The number of carbonyl (C=O) groups excluding carboxylic acids is 1. The minimum absolute atomic E-state index is 0.104. The molecule has 1 aromatic carbocycles. The van der Waals surface area contributed by atoms with Crippen LogP contribution >= 0.6 is 0 Å². The Labute approximate surface area is 121 Å². The average Bonchev–Trinajstić information content (AvgIpc) is 2.42.